The lowest BCUT2D eigenvalue weighted by Gasteiger charge is -2.40. The second-order valence-electron chi connectivity index (χ2n) is 8.76. The fraction of sp³-hybridized carbons (Fsp3) is 0.455. The van der Waals surface area contributed by atoms with Gasteiger partial charge in [0.15, 0.2) is 11.4 Å². The molecule has 0 saturated carbocycles. The summed E-state index contributed by atoms with van der Waals surface area (Å²) in [6, 6.07) is 5.01. The maximum absolute atomic E-state index is 14.0. The Morgan fingerprint density at radius 3 is 2.47 bits per heavy atom. The number of carbonyl (C=O) groups is 2. The van der Waals surface area contributed by atoms with Crippen LogP contribution in [0.4, 0.5) is 10.2 Å². The van der Waals surface area contributed by atoms with Crippen molar-refractivity contribution >= 4 is 29.2 Å². The maximum atomic E-state index is 14.0. The Kier molecular flexibility index (Phi) is 5.94. The van der Waals surface area contributed by atoms with E-state index in [1.165, 1.54) is 12.4 Å². The van der Waals surface area contributed by atoms with E-state index < -0.39 is 17.3 Å². The molecule has 0 aromatic carbocycles. The fourth-order valence-corrected chi connectivity index (χ4v) is 4.62. The molecule has 2 bridgehead atoms. The first-order valence-corrected chi connectivity index (χ1v) is 10.9. The summed E-state index contributed by atoms with van der Waals surface area (Å²) in [6.45, 7) is 3.15. The molecule has 2 aromatic rings. The van der Waals surface area contributed by atoms with Crippen LogP contribution in [0.5, 0.6) is 5.88 Å². The number of hydrogen-bond donors (Lipinski definition) is 2. The Labute approximate surface area is 190 Å². The lowest BCUT2D eigenvalue weighted by molar-refractivity contribution is -0.135. The number of halogens is 2. The van der Waals surface area contributed by atoms with Gasteiger partial charge in [-0.2, -0.15) is 0 Å². The predicted molar refractivity (Wildman–Crippen MR) is 117 cm³/mol. The molecule has 3 atom stereocenters. The molecule has 2 saturated heterocycles. The number of nitrogens with zero attached hydrogens (tertiary/aromatic N) is 3. The molecule has 2 aliphatic rings. The van der Waals surface area contributed by atoms with Crippen LogP contribution in [0.2, 0.25) is 5.02 Å². The number of hydrogen-bond acceptors (Lipinski definition) is 6. The second kappa shape index (κ2) is 8.54. The molecular formula is C22H25ClFN5O3. The van der Waals surface area contributed by atoms with Gasteiger partial charge in [-0.1, -0.05) is 11.6 Å². The molecule has 3 N–H and O–H groups in total. The zero-order valence-electron chi connectivity index (χ0n) is 17.8. The van der Waals surface area contributed by atoms with E-state index in [4.69, 9.17) is 22.1 Å². The standard InChI is InChI=1S/C22H25ClFN5O3/c1-22(2,32-20-17(24)7-13(23)11-27-20)21(31)28-14-8-15-4-5-16(9-14)29(15)18-6-3-12(10-26-18)19(25)30/h3,6-7,10-11,14-16H,4-5,8-9H2,1-2H3,(H2,25,30)(H,28,31)/t14?,15-,16+. The van der Waals surface area contributed by atoms with Crippen molar-refractivity contribution in [1.82, 2.24) is 15.3 Å². The number of anilines is 1. The van der Waals surface area contributed by atoms with E-state index in [9.17, 15) is 14.0 Å². The fourth-order valence-electron chi connectivity index (χ4n) is 4.48. The number of ether oxygens (including phenoxy) is 1. The minimum absolute atomic E-state index is 0.0351. The zero-order valence-corrected chi connectivity index (χ0v) is 18.6. The Hall–Kier alpha value is -2.94. The zero-order chi connectivity index (χ0) is 23.0. The molecule has 4 rings (SSSR count). The topological polar surface area (TPSA) is 110 Å². The highest BCUT2D eigenvalue weighted by molar-refractivity contribution is 6.30. The predicted octanol–water partition coefficient (Wildman–Crippen LogP) is 2.84. The molecular weight excluding hydrogens is 437 g/mol. The largest absolute Gasteiger partial charge is 0.459 e. The van der Waals surface area contributed by atoms with Gasteiger partial charge in [-0.15, -0.1) is 0 Å². The summed E-state index contributed by atoms with van der Waals surface area (Å²) < 4.78 is 19.6. The number of aromatic nitrogens is 2. The highest BCUT2D eigenvalue weighted by Gasteiger charge is 2.43. The number of rotatable bonds is 6. The molecule has 2 fully saturated rings. The van der Waals surface area contributed by atoms with Crippen molar-refractivity contribution in [2.24, 2.45) is 5.73 Å². The number of primary amides is 1. The van der Waals surface area contributed by atoms with Gasteiger partial charge in [0.05, 0.1) is 10.6 Å². The van der Waals surface area contributed by atoms with Gasteiger partial charge < -0.3 is 20.7 Å². The van der Waals surface area contributed by atoms with Crippen molar-refractivity contribution in [1.29, 1.82) is 0 Å². The third kappa shape index (κ3) is 4.48. The first-order valence-electron chi connectivity index (χ1n) is 10.5. The molecule has 4 heterocycles. The van der Waals surface area contributed by atoms with Crippen LogP contribution in [0.1, 0.15) is 49.9 Å². The van der Waals surface area contributed by atoms with Gasteiger partial charge in [-0.3, -0.25) is 9.59 Å². The molecule has 170 valence electrons. The minimum atomic E-state index is -1.32. The van der Waals surface area contributed by atoms with Gasteiger partial charge in [0.25, 0.3) is 11.8 Å². The molecule has 2 amide bonds. The Morgan fingerprint density at radius 2 is 1.91 bits per heavy atom. The van der Waals surface area contributed by atoms with Gasteiger partial charge in [-0.05, 0) is 57.7 Å². The third-order valence-corrected chi connectivity index (χ3v) is 6.24. The van der Waals surface area contributed by atoms with E-state index in [0.29, 0.717) is 5.56 Å². The first-order chi connectivity index (χ1) is 15.1. The Bertz CT molecular complexity index is 1020. The van der Waals surface area contributed by atoms with Crippen molar-refractivity contribution in [3.05, 3.63) is 47.0 Å². The second-order valence-corrected chi connectivity index (χ2v) is 9.19. The van der Waals surface area contributed by atoms with Gasteiger partial charge >= 0.3 is 0 Å². The van der Waals surface area contributed by atoms with Crippen molar-refractivity contribution < 1.29 is 18.7 Å². The lowest BCUT2D eigenvalue weighted by atomic mass is 9.96. The van der Waals surface area contributed by atoms with E-state index >= 15 is 0 Å². The summed E-state index contributed by atoms with van der Waals surface area (Å²) in [5, 5.41) is 3.21. The normalized spacial score (nSPS) is 22.5. The molecule has 0 spiro atoms. The highest BCUT2D eigenvalue weighted by atomic mass is 35.5. The van der Waals surface area contributed by atoms with Gasteiger partial charge in [0.2, 0.25) is 5.91 Å². The van der Waals surface area contributed by atoms with E-state index in [2.05, 4.69) is 20.2 Å². The molecule has 8 nitrogen and oxygen atoms in total. The van der Waals surface area contributed by atoms with Crippen LogP contribution < -0.4 is 20.7 Å². The van der Waals surface area contributed by atoms with Crippen LogP contribution in [0, 0.1) is 5.82 Å². The number of amides is 2. The SMILES string of the molecule is CC(C)(Oc1ncc(Cl)cc1F)C(=O)NC1C[C@H]2CC[C@@H](C1)N2c1ccc(C(N)=O)cn1. The monoisotopic (exact) mass is 461 g/mol. The van der Waals surface area contributed by atoms with E-state index in [0.717, 1.165) is 37.6 Å². The number of pyridine rings is 2. The van der Waals surface area contributed by atoms with Gasteiger partial charge in [-0.25, -0.2) is 14.4 Å². The number of fused-ring (bicyclic) bond motifs is 2. The van der Waals surface area contributed by atoms with Crippen LogP contribution in [0.15, 0.2) is 30.6 Å². The molecule has 0 radical (unpaired) electrons. The first kappa shape index (κ1) is 22.3. The summed E-state index contributed by atoms with van der Waals surface area (Å²) >= 11 is 5.72. The molecule has 1 unspecified atom stereocenters. The Balaban J connectivity index is 1.40. The number of carbonyl (C=O) groups excluding carboxylic acids is 2. The van der Waals surface area contributed by atoms with Crippen molar-refractivity contribution in [3.63, 3.8) is 0 Å². The van der Waals surface area contributed by atoms with Crippen molar-refractivity contribution in [2.75, 3.05) is 4.90 Å². The molecule has 2 aromatic heterocycles. The summed E-state index contributed by atoms with van der Waals surface area (Å²) in [5.74, 6) is -1.03. The number of nitrogens with one attached hydrogen (secondary N) is 1. The van der Waals surface area contributed by atoms with Gasteiger partial charge in [0, 0.05) is 30.5 Å². The molecule has 10 heteroatoms. The summed E-state index contributed by atoms with van der Waals surface area (Å²) in [7, 11) is 0. The Morgan fingerprint density at radius 1 is 1.22 bits per heavy atom. The van der Waals surface area contributed by atoms with Crippen LogP contribution in [0.25, 0.3) is 0 Å². The van der Waals surface area contributed by atoms with Crippen LogP contribution >= 0.6 is 11.6 Å². The molecule has 2 aliphatic heterocycles. The smallest absolute Gasteiger partial charge is 0.263 e. The summed E-state index contributed by atoms with van der Waals surface area (Å²) in [4.78, 5) is 34.7. The van der Waals surface area contributed by atoms with Crippen LogP contribution in [0.3, 0.4) is 0 Å². The third-order valence-electron chi connectivity index (χ3n) is 6.04. The van der Waals surface area contributed by atoms with E-state index in [1.54, 1.807) is 19.9 Å². The van der Waals surface area contributed by atoms with Crippen LogP contribution in [-0.4, -0.2) is 45.5 Å². The van der Waals surface area contributed by atoms with E-state index in [1.807, 2.05) is 6.07 Å². The molecule has 32 heavy (non-hydrogen) atoms. The molecule has 0 aliphatic carbocycles. The van der Waals surface area contributed by atoms with Crippen molar-refractivity contribution in [3.8, 4) is 5.88 Å². The quantitative estimate of drug-likeness (QED) is 0.684. The highest BCUT2D eigenvalue weighted by Crippen LogP contribution is 2.38. The average Bonchev–Trinajstić information content (AvgIpc) is 3.00. The van der Waals surface area contributed by atoms with Crippen LogP contribution in [-0.2, 0) is 4.79 Å². The summed E-state index contributed by atoms with van der Waals surface area (Å²) in [5.41, 5.74) is 4.36. The average molecular weight is 462 g/mol. The maximum Gasteiger partial charge on any atom is 0.263 e. The number of piperidine rings is 1. The lowest BCUT2D eigenvalue weighted by Crippen LogP contribution is -2.55. The van der Waals surface area contributed by atoms with E-state index in [-0.39, 0.29) is 34.9 Å². The number of nitrogens with two attached hydrogens (primary N) is 1. The van der Waals surface area contributed by atoms with Gasteiger partial charge in [0.1, 0.15) is 5.82 Å². The minimum Gasteiger partial charge on any atom is -0.459 e. The van der Waals surface area contributed by atoms with Crippen molar-refractivity contribution in [2.45, 2.75) is 63.3 Å². The summed E-state index contributed by atoms with van der Waals surface area (Å²) in [6.07, 6.45) is 6.27.